The van der Waals surface area contributed by atoms with Gasteiger partial charge in [0, 0.05) is 5.39 Å². The predicted molar refractivity (Wildman–Crippen MR) is 66.3 cm³/mol. The van der Waals surface area contributed by atoms with Crippen LogP contribution in [0.3, 0.4) is 0 Å². The lowest BCUT2D eigenvalue weighted by atomic mass is 10.1. The minimum absolute atomic E-state index is 0.114. The third kappa shape index (κ3) is 2.31. The lowest BCUT2D eigenvalue weighted by Crippen LogP contribution is -2.21. The van der Waals surface area contributed by atoms with Gasteiger partial charge < -0.3 is 19.4 Å². The summed E-state index contributed by atoms with van der Waals surface area (Å²) in [6.07, 6.45) is 0. The highest BCUT2D eigenvalue weighted by Crippen LogP contribution is 2.41. The van der Waals surface area contributed by atoms with E-state index in [-0.39, 0.29) is 10.8 Å². The van der Waals surface area contributed by atoms with Crippen LogP contribution in [-0.2, 0) is 0 Å². The minimum atomic E-state index is -1.94. The molecule has 0 atom stereocenters. The Balaban J connectivity index is 2.69. The van der Waals surface area contributed by atoms with Crippen molar-refractivity contribution in [1.82, 2.24) is 0 Å². The molecule has 0 amide bonds. The smallest absolute Gasteiger partial charge is 0.508 e. The minimum Gasteiger partial charge on any atom is -0.508 e. The van der Waals surface area contributed by atoms with Crippen molar-refractivity contribution in [2.75, 3.05) is 7.11 Å². The van der Waals surface area contributed by atoms with Crippen LogP contribution >= 0.6 is 11.6 Å². The zero-order valence-electron chi connectivity index (χ0n) is 9.05. The van der Waals surface area contributed by atoms with Crippen LogP contribution in [-0.4, -0.2) is 24.5 Å². The zero-order chi connectivity index (χ0) is 12.4. The Morgan fingerprint density at radius 2 is 1.88 bits per heavy atom. The fourth-order valence-electron chi connectivity index (χ4n) is 1.68. The molecule has 2 aromatic carbocycles. The molecular weight excluding hydrogens is 242 g/mol. The van der Waals surface area contributed by atoms with Crippen molar-refractivity contribution in [2.45, 2.75) is 0 Å². The number of fused-ring (bicyclic) bond motifs is 1. The van der Waals surface area contributed by atoms with E-state index in [2.05, 4.69) is 0 Å². The van der Waals surface area contributed by atoms with Gasteiger partial charge in [0.05, 0.1) is 12.1 Å². The van der Waals surface area contributed by atoms with E-state index in [0.717, 1.165) is 10.8 Å². The maximum atomic E-state index is 8.84. The zero-order valence-corrected chi connectivity index (χ0v) is 9.81. The Hall–Kier alpha value is -1.43. The second kappa shape index (κ2) is 4.83. The van der Waals surface area contributed by atoms with Gasteiger partial charge in [0.2, 0.25) is 0 Å². The SMILES string of the molecule is COc1c(OB(O)O)c(Cl)cc2ccccc12. The molecule has 0 radical (unpaired) electrons. The van der Waals surface area contributed by atoms with E-state index in [1.807, 2.05) is 24.3 Å². The van der Waals surface area contributed by atoms with Crippen molar-refractivity contribution in [3.63, 3.8) is 0 Å². The summed E-state index contributed by atoms with van der Waals surface area (Å²) in [6.45, 7) is 0. The van der Waals surface area contributed by atoms with E-state index >= 15 is 0 Å². The number of methoxy groups -OCH3 is 1. The van der Waals surface area contributed by atoms with Crippen molar-refractivity contribution in [2.24, 2.45) is 0 Å². The molecule has 0 aliphatic rings. The van der Waals surface area contributed by atoms with Gasteiger partial charge in [-0.3, -0.25) is 0 Å². The fraction of sp³-hybridized carbons (Fsp3) is 0.0909. The molecule has 88 valence electrons. The number of hydrogen-bond donors (Lipinski definition) is 2. The normalized spacial score (nSPS) is 10.4. The monoisotopic (exact) mass is 252 g/mol. The third-order valence-electron chi connectivity index (χ3n) is 2.34. The molecule has 17 heavy (non-hydrogen) atoms. The fourth-order valence-corrected chi connectivity index (χ4v) is 1.93. The van der Waals surface area contributed by atoms with Gasteiger partial charge in [0.1, 0.15) is 0 Å². The average Bonchev–Trinajstić information content (AvgIpc) is 2.29. The maximum Gasteiger partial charge on any atom is 0.707 e. The summed E-state index contributed by atoms with van der Waals surface area (Å²) in [7, 11) is -0.475. The summed E-state index contributed by atoms with van der Waals surface area (Å²) in [4.78, 5) is 0. The molecule has 4 nitrogen and oxygen atoms in total. The summed E-state index contributed by atoms with van der Waals surface area (Å²) in [5.41, 5.74) is 0. The standard InChI is InChI=1S/C11H10BClO4/c1-16-10-8-5-3-2-4-7(8)6-9(13)11(10)17-12(14)15/h2-6,14-15H,1H3. The Kier molecular flexibility index (Phi) is 3.42. The molecule has 0 aromatic heterocycles. The van der Waals surface area contributed by atoms with Crippen LogP contribution in [0.15, 0.2) is 30.3 Å². The first-order valence-corrected chi connectivity index (χ1v) is 5.29. The van der Waals surface area contributed by atoms with E-state index in [1.165, 1.54) is 7.11 Å². The molecule has 0 heterocycles. The summed E-state index contributed by atoms with van der Waals surface area (Å²) < 4.78 is 10.0. The Morgan fingerprint density at radius 1 is 1.18 bits per heavy atom. The number of rotatable bonds is 3. The molecule has 0 saturated heterocycles. The number of ether oxygens (including phenoxy) is 1. The van der Waals surface area contributed by atoms with Gasteiger partial charge in [0.25, 0.3) is 0 Å². The second-order valence-corrected chi connectivity index (χ2v) is 3.79. The van der Waals surface area contributed by atoms with Crippen LogP contribution in [0.5, 0.6) is 11.5 Å². The van der Waals surface area contributed by atoms with Crippen molar-refractivity contribution in [3.05, 3.63) is 35.4 Å². The molecule has 2 N–H and O–H groups in total. The first kappa shape index (κ1) is 12.0. The van der Waals surface area contributed by atoms with E-state index in [1.54, 1.807) is 6.07 Å². The van der Waals surface area contributed by atoms with Crippen molar-refractivity contribution >= 4 is 29.7 Å². The Morgan fingerprint density at radius 3 is 2.53 bits per heavy atom. The number of benzene rings is 2. The van der Waals surface area contributed by atoms with Gasteiger partial charge in [0.15, 0.2) is 11.5 Å². The summed E-state index contributed by atoms with van der Waals surface area (Å²) >= 11 is 6.00. The highest BCUT2D eigenvalue weighted by atomic mass is 35.5. The van der Waals surface area contributed by atoms with Gasteiger partial charge in [-0.1, -0.05) is 35.9 Å². The van der Waals surface area contributed by atoms with Gasteiger partial charge in [-0.15, -0.1) is 0 Å². The van der Waals surface area contributed by atoms with Crippen LogP contribution in [0, 0.1) is 0 Å². The van der Waals surface area contributed by atoms with Crippen LogP contribution in [0.2, 0.25) is 5.02 Å². The second-order valence-electron chi connectivity index (χ2n) is 3.39. The molecule has 0 fully saturated rings. The van der Waals surface area contributed by atoms with Gasteiger partial charge >= 0.3 is 7.32 Å². The maximum absolute atomic E-state index is 8.84. The average molecular weight is 252 g/mol. The van der Waals surface area contributed by atoms with Crippen LogP contribution in [0.25, 0.3) is 10.8 Å². The largest absolute Gasteiger partial charge is 0.707 e. The molecule has 0 saturated carbocycles. The Bertz CT molecular complexity index is 544. The molecule has 0 aliphatic carbocycles. The first-order chi connectivity index (χ1) is 8.13. The molecule has 6 heteroatoms. The third-order valence-corrected chi connectivity index (χ3v) is 2.62. The highest BCUT2D eigenvalue weighted by Gasteiger charge is 2.20. The summed E-state index contributed by atoms with van der Waals surface area (Å²) in [5, 5.41) is 19.6. The Labute approximate surface area is 104 Å². The van der Waals surface area contributed by atoms with Crippen LogP contribution in [0.1, 0.15) is 0 Å². The molecule has 0 unspecified atom stereocenters. The molecule has 2 aromatic rings. The summed E-state index contributed by atoms with van der Waals surface area (Å²) in [6, 6.07) is 9.11. The van der Waals surface area contributed by atoms with Crippen molar-refractivity contribution < 1.29 is 19.4 Å². The molecule has 0 spiro atoms. The quantitative estimate of drug-likeness (QED) is 0.819. The first-order valence-electron chi connectivity index (χ1n) is 4.91. The topological polar surface area (TPSA) is 58.9 Å². The van der Waals surface area contributed by atoms with Gasteiger partial charge in [-0.05, 0) is 11.5 Å². The molecule has 2 rings (SSSR count). The van der Waals surface area contributed by atoms with Crippen LogP contribution < -0.4 is 9.39 Å². The molecular formula is C11H10BClO4. The van der Waals surface area contributed by atoms with E-state index in [9.17, 15) is 0 Å². The number of hydrogen-bond acceptors (Lipinski definition) is 4. The van der Waals surface area contributed by atoms with Crippen molar-refractivity contribution in [1.29, 1.82) is 0 Å². The number of halogens is 1. The molecule has 0 bridgehead atoms. The van der Waals surface area contributed by atoms with Gasteiger partial charge in [-0.25, -0.2) is 0 Å². The van der Waals surface area contributed by atoms with E-state index in [4.69, 9.17) is 31.0 Å². The van der Waals surface area contributed by atoms with Crippen LogP contribution in [0.4, 0.5) is 0 Å². The lowest BCUT2D eigenvalue weighted by Gasteiger charge is -2.14. The van der Waals surface area contributed by atoms with Gasteiger partial charge in [-0.2, -0.15) is 0 Å². The molecule has 0 aliphatic heterocycles. The van der Waals surface area contributed by atoms with E-state index < -0.39 is 7.32 Å². The summed E-state index contributed by atoms with van der Waals surface area (Å²) in [5.74, 6) is 0.490. The lowest BCUT2D eigenvalue weighted by molar-refractivity contribution is 0.280. The highest BCUT2D eigenvalue weighted by molar-refractivity contribution is 6.37. The van der Waals surface area contributed by atoms with E-state index in [0.29, 0.717) is 5.75 Å². The predicted octanol–water partition coefficient (Wildman–Crippen LogP) is 1.85. The van der Waals surface area contributed by atoms with Crippen molar-refractivity contribution in [3.8, 4) is 11.5 Å².